The molecule has 0 aliphatic carbocycles. The SMILES string of the molecule is CCCCO[Si](C)(CCCOCCC)OCCCC. The Bertz CT molecular complexity index is 178. The van der Waals surface area contributed by atoms with E-state index < -0.39 is 8.56 Å². The average molecular weight is 291 g/mol. The molecule has 0 N–H and O–H groups in total. The third-order valence-corrected chi connectivity index (χ3v) is 5.97. The second kappa shape index (κ2) is 13.1. The molecule has 0 aliphatic heterocycles. The van der Waals surface area contributed by atoms with Gasteiger partial charge in [-0.1, -0.05) is 33.6 Å². The molecule has 0 atom stereocenters. The molecule has 116 valence electrons. The third-order valence-electron chi connectivity index (χ3n) is 3.08. The van der Waals surface area contributed by atoms with Gasteiger partial charge in [0.25, 0.3) is 0 Å². The van der Waals surface area contributed by atoms with Crippen molar-refractivity contribution in [1.82, 2.24) is 0 Å². The summed E-state index contributed by atoms with van der Waals surface area (Å²) >= 11 is 0. The lowest BCUT2D eigenvalue weighted by molar-refractivity contribution is 0.127. The molecule has 0 spiro atoms. The average Bonchev–Trinajstić information content (AvgIpc) is 2.39. The highest BCUT2D eigenvalue weighted by Gasteiger charge is 2.30. The zero-order valence-electron chi connectivity index (χ0n) is 13.5. The number of hydrogen-bond donors (Lipinski definition) is 0. The monoisotopic (exact) mass is 290 g/mol. The molecule has 0 unspecified atom stereocenters. The maximum atomic E-state index is 6.08. The molecule has 0 heterocycles. The second-order valence-electron chi connectivity index (χ2n) is 5.25. The van der Waals surface area contributed by atoms with Crippen LogP contribution >= 0.6 is 0 Å². The van der Waals surface area contributed by atoms with Gasteiger partial charge < -0.3 is 13.6 Å². The van der Waals surface area contributed by atoms with Gasteiger partial charge in [0.2, 0.25) is 0 Å². The van der Waals surface area contributed by atoms with Crippen LogP contribution in [0.15, 0.2) is 0 Å². The summed E-state index contributed by atoms with van der Waals surface area (Å²) in [5, 5.41) is 0. The molecule has 0 saturated carbocycles. The normalized spacial score (nSPS) is 12.0. The molecule has 0 amide bonds. The Labute approximate surface area is 121 Å². The lowest BCUT2D eigenvalue weighted by Gasteiger charge is -2.27. The van der Waals surface area contributed by atoms with Crippen molar-refractivity contribution in [2.24, 2.45) is 0 Å². The van der Waals surface area contributed by atoms with Gasteiger partial charge in [-0.15, -0.1) is 0 Å². The van der Waals surface area contributed by atoms with Crippen molar-refractivity contribution < 1.29 is 13.6 Å². The molecule has 4 heteroatoms. The third kappa shape index (κ3) is 11.6. The Morgan fingerprint density at radius 2 is 1.26 bits per heavy atom. The largest absolute Gasteiger partial charge is 0.394 e. The van der Waals surface area contributed by atoms with Gasteiger partial charge in [-0.2, -0.15) is 0 Å². The van der Waals surface area contributed by atoms with Crippen LogP contribution in [-0.4, -0.2) is 35.0 Å². The molecule has 0 aliphatic rings. The fraction of sp³-hybridized carbons (Fsp3) is 1.00. The Balaban J connectivity index is 3.92. The number of rotatable bonds is 14. The minimum atomic E-state index is -1.96. The predicted molar refractivity (Wildman–Crippen MR) is 83.9 cm³/mol. The van der Waals surface area contributed by atoms with Crippen LogP contribution in [-0.2, 0) is 13.6 Å². The summed E-state index contributed by atoms with van der Waals surface area (Å²) in [6.45, 7) is 12.1. The minimum Gasteiger partial charge on any atom is -0.394 e. The molecule has 0 bridgehead atoms. The van der Waals surface area contributed by atoms with Crippen molar-refractivity contribution in [3.8, 4) is 0 Å². The smallest absolute Gasteiger partial charge is 0.335 e. The Morgan fingerprint density at radius 1 is 0.684 bits per heavy atom. The molecule has 0 radical (unpaired) electrons. The molecule has 0 aromatic heterocycles. The number of ether oxygens (including phenoxy) is 1. The van der Waals surface area contributed by atoms with Crippen LogP contribution in [0.3, 0.4) is 0 Å². The van der Waals surface area contributed by atoms with E-state index in [-0.39, 0.29) is 0 Å². The zero-order valence-corrected chi connectivity index (χ0v) is 14.5. The highest BCUT2D eigenvalue weighted by molar-refractivity contribution is 6.66. The molecule has 0 fully saturated rings. The summed E-state index contributed by atoms with van der Waals surface area (Å²) < 4.78 is 17.7. The van der Waals surface area contributed by atoms with E-state index in [0.29, 0.717) is 0 Å². The second-order valence-corrected chi connectivity index (χ2v) is 8.60. The summed E-state index contributed by atoms with van der Waals surface area (Å²) in [7, 11) is -1.96. The van der Waals surface area contributed by atoms with Crippen LogP contribution in [0.4, 0.5) is 0 Å². The van der Waals surface area contributed by atoms with Gasteiger partial charge in [0.15, 0.2) is 0 Å². The van der Waals surface area contributed by atoms with Crippen molar-refractivity contribution in [3.05, 3.63) is 0 Å². The standard InChI is InChI=1S/C15H34O3Si/c1-5-8-13-17-19(4,18-14-9-6-2)15-10-12-16-11-7-3/h5-15H2,1-4H3. The van der Waals surface area contributed by atoms with E-state index in [1.807, 2.05) is 0 Å². The Hall–Kier alpha value is 0.0969. The van der Waals surface area contributed by atoms with E-state index in [1.54, 1.807) is 0 Å². The molecule has 19 heavy (non-hydrogen) atoms. The van der Waals surface area contributed by atoms with E-state index in [2.05, 4.69) is 27.3 Å². The van der Waals surface area contributed by atoms with Crippen LogP contribution in [0.25, 0.3) is 0 Å². The van der Waals surface area contributed by atoms with Gasteiger partial charge in [0.1, 0.15) is 0 Å². The first-order chi connectivity index (χ1) is 9.18. The van der Waals surface area contributed by atoms with Gasteiger partial charge in [-0.25, -0.2) is 0 Å². The number of hydrogen-bond acceptors (Lipinski definition) is 3. The fourth-order valence-corrected chi connectivity index (χ4v) is 4.10. The zero-order chi connectivity index (χ0) is 14.4. The molecular weight excluding hydrogens is 256 g/mol. The highest BCUT2D eigenvalue weighted by atomic mass is 28.4. The van der Waals surface area contributed by atoms with Gasteiger partial charge in [-0.05, 0) is 38.3 Å². The minimum absolute atomic E-state index is 0.838. The Kier molecular flexibility index (Phi) is 13.2. The quantitative estimate of drug-likeness (QED) is 0.348. The maximum absolute atomic E-state index is 6.08. The molecule has 0 aromatic carbocycles. The van der Waals surface area contributed by atoms with E-state index >= 15 is 0 Å². The Morgan fingerprint density at radius 3 is 1.74 bits per heavy atom. The van der Waals surface area contributed by atoms with Gasteiger partial charge in [-0.3, -0.25) is 0 Å². The van der Waals surface area contributed by atoms with Gasteiger partial charge in [0.05, 0.1) is 0 Å². The summed E-state index contributed by atoms with van der Waals surface area (Å²) in [5.41, 5.74) is 0. The molecule has 3 nitrogen and oxygen atoms in total. The lowest BCUT2D eigenvalue weighted by atomic mass is 10.4. The van der Waals surface area contributed by atoms with Crippen molar-refractivity contribution in [2.45, 2.75) is 71.9 Å². The van der Waals surface area contributed by atoms with E-state index in [1.165, 1.54) is 12.8 Å². The summed E-state index contributed by atoms with van der Waals surface area (Å²) in [4.78, 5) is 0. The van der Waals surface area contributed by atoms with Gasteiger partial charge in [0, 0.05) is 26.4 Å². The van der Waals surface area contributed by atoms with Crippen LogP contribution in [0, 0.1) is 0 Å². The summed E-state index contributed by atoms with van der Waals surface area (Å²) in [5.74, 6) is 0. The van der Waals surface area contributed by atoms with Crippen molar-refractivity contribution >= 4 is 8.56 Å². The molecular formula is C15H34O3Si. The first-order valence-electron chi connectivity index (χ1n) is 8.04. The van der Waals surface area contributed by atoms with Crippen LogP contribution in [0.1, 0.15) is 59.3 Å². The first kappa shape index (κ1) is 19.1. The summed E-state index contributed by atoms with van der Waals surface area (Å²) in [6.07, 6.45) is 6.77. The van der Waals surface area contributed by atoms with Crippen molar-refractivity contribution in [3.63, 3.8) is 0 Å². The predicted octanol–water partition coefficient (Wildman–Crippen LogP) is 4.51. The molecule has 0 aromatic rings. The van der Waals surface area contributed by atoms with Crippen molar-refractivity contribution in [2.75, 3.05) is 26.4 Å². The van der Waals surface area contributed by atoms with Crippen LogP contribution in [0.5, 0.6) is 0 Å². The molecule has 0 saturated heterocycles. The molecule has 0 rings (SSSR count). The van der Waals surface area contributed by atoms with Crippen LogP contribution < -0.4 is 0 Å². The summed E-state index contributed by atoms with van der Waals surface area (Å²) in [6, 6.07) is 1.05. The van der Waals surface area contributed by atoms with E-state index in [4.69, 9.17) is 13.6 Å². The van der Waals surface area contributed by atoms with E-state index in [0.717, 1.165) is 58.2 Å². The first-order valence-corrected chi connectivity index (χ1v) is 10.6. The van der Waals surface area contributed by atoms with Gasteiger partial charge >= 0.3 is 8.56 Å². The lowest BCUT2D eigenvalue weighted by Crippen LogP contribution is -2.39. The van der Waals surface area contributed by atoms with E-state index in [9.17, 15) is 0 Å². The van der Waals surface area contributed by atoms with Crippen molar-refractivity contribution in [1.29, 1.82) is 0 Å². The highest BCUT2D eigenvalue weighted by Crippen LogP contribution is 2.17. The number of unbranched alkanes of at least 4 members (excludes halogenated alkanes) is 2. The van der Waals surface area contributed by atoms with Crippen LogP contribution in [0.2, 0.25) is 12.6 Å². The topological polar surface area (TPSA) is 27.7 Å². The maximum Gasteiger partial charge on any atom is 0.335 e. The fourth-order valence-electron chi connectivity index (χ4n) is 1.79.